The summed E-state index contributed by atoms with van der Waals surface area (Å²) in [7, 11) is 0. The SMILES string of the molecule is CC1OC([C@@H]2CCCN(C(=O)OC(C)(C)C)C2)O1. The van der Waals surface area contributed by atoms with Crippen LogP contribution in [0, 0.1) is 5.92 Å². The maximum Gasteiger partial charge on any atom is 0.410 e. The first-order valence-electron chi connectivity index (χ1n) is 6.64. The van der Waals surface area contributed by atoms with Gasteiger partial charge in [-0.2, -0.15) is 0 Å². The Morgan fingerprint density at radius 2 is 2.00 bits per heavy atom. The molecule has 2 saturated heterocycles. The highest BCUT2D eigenvalue weighted by Gasteiger charge is 2.38. The molecule has 0 radical (unpaired) electrons. The summed E-state index contributed by atoms with van der Waals surface area (Å²) in [5, 5.41) is 0. The lowest BCUT2D eigenvalue weighted by Gasteiger charge is -2.43. The molecule has 2 fully saturated rings. The van der Waals surface area contributed by atoms with E-state index in [0.29, 0.717) is 6.54 Å². The average molecular weight is 257 g/mol. The number of hydrogen-bond donors (Lipinski definition) is 0. The Bertz CT molecular complexity index is 307. The van der Waals surface area contributed by atoms with Crippen LogP contribution in [0.4, 0.5) is 4.79 Å². The van der Waals surface area contributed by atoms with E-state index < -0.39 is 5.60 Å². The number of likely N-dealkylation sites (tertiary alicyclic amines) is 1. The zero-order chi connectivity index (χ0) is 13.3. The Kier molecular flexibility index (Phi) is 3.82. The second-order valence-electron chi connectivity index (χ2n) is 6.04. The van der Waals surface area contributed by atoms with E-state index >= 15 is 0 Å². The Morgan fingerprint density at radius 1 is 1.33 bits per heavy atom. The summed E-state index contributed by atoms with van der Waals surface area (Å²) in [6.45, 7) is 8.94. The van der Waals surface area contributed by atoms with Crippen molar-refractivity contribution in [3.63, 3.8) is 0 Å². The lowest BCUT2D eigenvalue weighted by Crippen LogP contribution is -2.51. The van der Waals surface area contributed by atoms with E-state index in [0.717, 1.165) is 19.4 Å². The maximum atomic E-state index is 12.0. The van der Waals surface area contributed by atoms with Crippen LogP contribution in [-0.2, 0) is 14.2 Å². The molecule has 0 aromatic rings. The molecule has 0 N–H and O–H groups in total. The van der Waals surface area contributed by atoms with Gasteiger partial charge < -0.3 is 19.1 Å². The molecule has 2 rings (SSSR count). The first-order valence-corrected chi connectivity index (χ1v) is 6.64. The molecule has 5 nitrogen and oxygen atoms in total. The topological polar surface area (TPSA) is 48.0 Å². The predicted molar refractivity (Wildman–Crippen MR) is 66.0 cm³/mol. The van der Waals surface area contributed by atoms with Gasteiger partial charge in [-0.3, -0.25) is 0 Å². The minimum Gasteiger partial charge on any atom is -0.444 e. The Labute approximate surface area is 108 Å². The fraction of sp³-hybridized carbons (Fsp3) is 0.923. The highest BCUT2D eigenvalue weighted by molar-refractivity contribution is 5.68. The number of piperidine rings is 1. The molecule has 2 aliphatic heterocycles. The zero-order valence-corrected chi connectivity index (χ0v) is 11.6. The summed E-state index contributed by atoms with van der Waals surface area (Å²) in [5.74, 6) is 0.266. The fourth-order valence-electron chi connectivity index (χ4n) is 2.33. The van der Waals surface area contributed by atoms with Crippen molar-refractivity contribution in [2.75, 3.05) is 13.1 Å². The van der Waals surface area contributed by atoms with Crippen molar-refractivity contribution >= 4 is 6.09 Å². The molecule has 0 aromatic carbocycles. The first-order chi connectivity index (χ1) is 8.35. The van der Waals surface area contributed by atoms with E-state index in [9.17, 15) is 4.79 Å². The van der Waals surface area contributed by atoms with Crippen LogP contribution in [0.2, 0.25) is 0 Å². The number of ether oxygens (including phenoxy) is 3. The van der Waals surface area contributed by atoms with Gasteiger partial charge in [-0.25, -0.2) is 4.79 Å². The summed E-state index contributed by atoms with van der Waals surface area (Å²) in [6.07, 6.45) is 1.52. The van der Waals surface area contributed by atoms with Gasteiger partial charge in [0.1, 0.15) is 5.60 Å². The summed E-state index contributed by atoms with van der Waals surface area (Å²) < 4.78 is 16.4. The normalized spacial score (nSPS) is 32.9. The second kappa shape index (κ2) is 5.05. The molecular formula is C13H23NO4. The number of carbonyl (C=O) groups is 1. The van der Waals surface area contributed by atoms with Crippen molar-refractivity contribution in [1.29, 1.82) is 0 Å². The van der Waals surface area contributed by atoms with Crippen LogP contribution in [-0.4, -0.2) is 42.3 Å². The summed E-state index contributed by atoms with van der Waals surface area (Å²) in [6, 6.07) is 0. The van der Waals surface area contributed by atoms with Crippen LogP contribution >= 0.6 is 0 Å². The zero-order valence-electron chi connectivity index (χ0n) is 11.6. The van der Waals surface area contributed by atoms with Gasteiger partial charge in [-0.05, 0) is 40.5 Å². The summed E-state index contributed by atoms with van der Waals surface area (Å²) in [5.41, 5.74) is -0.442. The molecule has 0 aromatic heterocycles. The minimum absolute atomic E-state index is 0.105. The molecule has 0 spiro atoms. The lowest BCUT2D eigenvalue weighted by atomic mass is 9.97. The van der Waals surface area contributed by atoms with Crippen molar-refractivity contribution in [2.24, 2.45) is 5.92 Å². The predicted octanol–water partition coefficient (Wildman–Crippen LogP) is 2.35. The van der Waals surface area contributed by atoms with Crippen molar-refractivity contribution in [3.05, 3.63) is 0 Å². The molecule has 2 aliphatic rings. The van der Waals surface area contributed by atoms with E-state index in [2.05, 4.69) is 0 Å². The third-order valence-electron chi connectivity index (χ3n) is 3.15. The molecule has 0 saturated carbocycles. The average Bonchev–Trinajstić information content (AvgIpc) is 2.23. The molecule has 0 bridgehead atoms. The van der Waals surface area contributed by atoms with Gasteiger partial charge in [0.15, 0.2) is 12.6 Å². The van der Waals surface area contributed by atoms with Gasteiger partial charge in [-0.1, -0.05) is 0 Å². The van der Waals surface area contributed by atoms with E-state index in [1.54, 1.807) is 4.90 Å². The monoisotopic (exact) mass is 257 g/mol. The molecule has 18 heavy (non-hydrogen) atoms. The lowest BCUT2D eigenvalue weighted by molar-refractivity contribution is -0.394. The molecule has 0 aliphatic carbocycles. The molecule has 0 unspecified atom stereocenters. The first kappa shape index (κ1) is 13.6. The van der Waals surface area contributed by atoms with E-state index in [-0.39, 0.29) is 24.6 Å². The van der Waals surface area contributed by atoms with E-state index in [1.807, 2.05) is 27.7 Å². The maximum absolute atomic E-state index is 12.0. The van der Waals surface area contributed by atoms with Gasteiger partial charge in [0, 0.05) is 19.0 Å². The second-order valence-corrected chi connectivity index (χ2v) is 6.04. The third-order valence-corrected chi connectivity index (χ3v) is 3.15. The van der Waals surface area contributed by atoms with Crippen molar-refractivity contribution in [2.45, 2.75) is 58.7 Å². The van der Waals surface area contributed by atoms with Crippen LogP contribution < -0.4 is 0 Å². The largest absolute Gasteiger partial charge is 0.444 e. The number of nitrogens with zero attached hydrogens (tertiary/aromatic N) is 1. The smallest absolute Gasteiger partial charge is 0.410 e. The standard InChI is InChI=1S/C13H23NO4/c1-9-16-11(17-9)10-6-5-7-14(8-10)12(15)18-13(2,3)4/h9-11H,5-8H2,1-4H3/t9?,10-,11?/m1/s1. The van der Waals surface area contributed by atoms with Gasteiger partial charge in [0.05, 0.1) is 0 Å². The molecular weight excluding hydrogens is 234 g/mol. The Morgan fingerprint density at radius 3 is 2.56 bits per heavy atom. The molecule has 5 heteroatoms. The number of rotatable bonds is 1. The van der Waals surface area contributed by atoms with E-state index in [4.69, 9.17) is 14.2 Å². The Balaban J connectivity index is 1.84. The van der Waals surface area contributed by atoms with Gasteiger partial charge in [0.2, 0.25) is 0 Å². The quantitative estimate of drug-likeness (QED) is 0.723. The van der Waals surface area contributed by atoms with Crippen molar-refractivity contribution < 1.29 is 19.0 Å². The van der Waals surface area contributed by atoms with Gasteiger partial charge in [0.25, 0.3) is 0 Å². The molecule has 1 atom stereocenters. The fourth-order valence-corrected chi connectivity index (χ4v) is 2.33. The highest BCUT2D eigenvalue weighted by atomic mass is 16.9. The van der Waals surface area contributed by atoms with Crippen LogP contribution in [0.3, 0.4) is 0 Å². The van der Waals surface area contributed by atoms with E-state index in [1.165, 1.54) is 0 Å². The summed E-state index contributed by atoms with van der Waals surface area (Å²) in [4.78, 5) is 13.7. The van der Waals surface area contributed by atoms with Crippen LogP contribution in [0.25, 0.3) is 0 Å². The molecule has 1 amide bonds. The number of hydrogen-bond acceptors (Lipinski definition) is 4. The molecule has 104 valence electrons. The van der Waals surface area contributed by atoms with Crippen LogP contribution in [0.15, 0.2) is 0 Å². The highest BCUT2D eigenvalue weighted by Crippen LogP contribution is 2.30. The van der Waals surface area contributed by atoms with Crippen molar-refractivity contribution in [3.8, 4) is 0 Å². The minimum atomic E-state index is -0.442. The molecule has 2 heterocycles. The van der Waals surface area contributed by atoms with Gasteiger partial charge in [-0.15, -0.1) is 0 Å². The summed E-state index contributed by atoms with van der Waals surface area (Å²) >= 11 is 0. The Hall–Kier alpha value is -0.810. The third kappa shape index (κ3) is 3.36. The number of carbonyl (C=O) groups excluding carboxylic acids is 1. The van der Waals surface area contributed by atoms with Crippen LogP contribution in [0.5, 0.6) is 0 Å². The number of amides is 1. The van der Waals surface area contributed by atoms with Gasteiger partial charge >= 0.3 is 6.09 Å². The van der Waals surface area contributed by atoms with Crippen molar-refractivity contribution in [1.82, 2.24) is 4.90 Å². The van der Waals surface area contributed by atoms with Crippen LogP contribution in [0.1, 0.15) is 40.5 Å².